The molecular formula is C27H37N7O2. The molecule has 0 aliphatic carbocycles. The van der Waals surface area contributed by atoms with E-state index in [0.717, 1.165) is 43.1 Å². The van der Waals surface area contributed by atoms with Crippen molar-refractivity contribution in [3.05, 3.63) is 59.7 Å². The second-order valence-electron chi connectivity index (χ2n) is 8.15. The SMILES string of the molecule is CC.Cc1ccc(Nc2nc(NCNc3cccc(C)c3)c(N)c(N3CCCCC3)n2)cc1.O=C=O. The van der Waals surface area contributed by atoms with Crippen molar-refractivity contribution >= 4 is 40.8 Å². The van der Waals surface area contributed by atoms with E-state index in [-0.39, 0.29) is 6.15 Å². The van der Waals surface area contributed by atoms with Crippen molar-refractivity contribution in [2.75, 3.05) is 46.3 Å². The van der Waals surface area contributed by atoms with Gasteiger partial charge in [0.1, 0.15) is 5.69 Å². The van der Waals surface area contributed by atoms with E-state index in [1.165, 1.54) is 17.5 Å². The van der Waals surface area contributed by atoms with Crippen LogP contribution in [0.5, 0.6) is 0 Å². The summed E-state index contributed by atoms with van der Waals surface area (Å²) in [5.41, 5.74) is 11.5. The van der Waals surface area contributed by atoms with Crippen molar-refractivity contribution in [2.24, 2.45) is 0 Å². The number of nitrogen functional groups attached to an aromatic ring is 1. The summed E-state index contributed by atoms with van der Waals surface area (Å²) < 4.78 is 0. The molecule has 4 rings (SSSR count). The van der Waals surface area contributed by atoms with Crippen LogP contribution in [0.4, 0.5) is 34.6 Å². The second kappa shape index (κ2) is 15.0. The zero-order valence-corrected chi connectivity index (χ0v) is 21.6. The summed E-state index contributed by atoms with van der Waals surface area (Å²) >= 11 is 0. The van der Waals surface area contributed by atoms with Crippen molar-refractivity contribution < 1.29 is 9.59 Å². The van der Waals surface area contributed by atoms with E-state index in [1.807, 2.05) is 38.1 Å². The fraction of sp³-hybridized carbons (Fsp3) is 0.370. The van der Waals surface area contributed by atoms with Gasteiger partial charge < -0.3 is 26.6 Å². The van der Waals surface area contributed by atoms with Gasteiger partial charge in [0.2, 0.25) is 5.95 Å². The van der Waals surface area contributed by atoms with Crippen molar-refractivity contribution in [1.29, 1.82) is 0 Å². The summed E-state index contributed by atoms with van der Waals surface area (Å²) in [4.78, 5) is 28.0. The van der Waals surface area contributed by atoms with E-state index in [0.29, 0.717) is 24.1 Å². The first-order chi connectivity index (χ1) is 17.5. The van der Waals surface area contributed by atoms with Crippen LogP contribution in [0.3, 0.4) is 0 Å². The van der Waals surface area contributed by atoms with Crippen LogP contribution in [0.1, 0.15) is 44.2 Å². The number of benzene rings is 2. The summed E-state index contributed by atoms with van der Waals surface area (Å²) in [6, 6.07) is 16.5. The molecule has 0 unspecified atom stereocenters. The molecule has 2 heterocycles. The molecule has 1 aromatic heterocycles. The minimum atomic E-state index is 0.250. The standard InChI is InChI=1S/C24H31N7.C2H6.CO2/c1-17-9-11-19(12-10-17)28-24-29-22(27-16-26-20-8-6-7-18(2)15-20)21(25)23(30-24)31-13-4-3-5-14-31;1-2;2-1-3/h6-12,15,26H,3-5,13-14,16,25H2,1-2H3,(H2,27,28,29,30);1-2H3;. The first-order valence-corrected chi connectivity index (χ1v) is 12.3. The van der Waals surface area contributed by atoms with E-state index >= 15 is 0 Å². The number of aromatic nitrogens is 2. The largest absolute Gasteiger partial charge is 0.393 e. The number of hydrogen-bond donors (Lipinski definition) is 4. The number of hydrogen-bond acceptors (Lipinski definition) is 9. The predicted octanol–water partition coefficient (Wildman–Crippen LogP) is 5.33. The van der Waals surface area contributed by atoms with Crippen LogP contribution in [0.2, 0.25) is 0 Å². The van der Waals surface area contributed by atoms with E-state index < -0.39 is 0 Å². The van der Waals surface area contributed by atoms with Gasteiger partial charge in [0.25, 0.3) is 0 Å². The van der Waals surface area contributed by atoms with Crippen molar-refractivity contribution in [3.63, 3.8) is 0 Å². The van der Waals surface area contributed by atoms with Gasteiger partial charge in [-0.05, 0) is 62.9 Å². The summed E-state index contributed by atoms with van der Waals surface area (Å²) in [6.07, 6.45) is 3.81. The number of rotatable bonds is 7. The average molecular weight is 492 g/mol. The highest BCUT2D eigenvalue weighted by atomic mass is 16.2. The van der Waals surface area contributed by atoms with Gasteiger partial charge >= 0.3 is 6.15 Å². The second-order valence-corrected chi connectivity index (χ2v) is 8.15. The fourth-order valence-corrected chi connectivity index (χ4v) is 3.75. The molecule has 0 bridgehead atoms. The van der Waals surface area contributed by atoms with Crippen molar-refractivity contribution in [3.8, 4) is 0 Å². The smallest absolute Gasteiger partial charge is 0.373 e. The van der Waals surface area contributed by atoms with Gasteiger partial charge in [-0.25, -0.2) is 0 Å². The molecule has 0 spiro atoms. The third-order valence-electron chi connectivity index (χ3n) is 5.46. The van der Waals surface area contributed by atoms with Gasteiger partial charge in [0.05, 0.1) is 6.67 Å². The number of nitrogens with zero attached hydrogens (tertiary/aromatic N) is 3. The van der Waals surface area contributed by atoms with Gasteiger partial charge in [0.15, 0.2) is 11.6 Å². The Morgan fingerprint density at radius 1 is 0.889 bits per heavy atom. The maximum absolute atomic E-state index is 8.12. The Hall–Kier alpha value is -4.10. The summed E-state index contributed by atoms with van der Waals surface area (Å²) in [5, 5.41) is 10.0. The maximum atomic E-state index is 8.12. The monoisotopic (exact) mass is 491 g/mol. The maximum Gasteiger partial charge on any atom is 0.373 e. The number of nitrogens with two attached hydrogens (primary N) is 1. The predicted molar refractivity (Wildman–Crippen MR) is 147 cm³/mol. The van der Waals surface area contributed by atoms with Gasteiger partial charge in [-0.1, -0.05) is 43.7 Å². The van der Waals surface area contributed by atoms with Gasteiger partial charge in [-0.3, -0.25) is 0 Å². The highest BCUT2D eigenvalue weighted by molar-refractivity contribution is 5.78. The Kier molecular flexibility index (Phi) is 11.7. The molecule has 9 heteroatoms. The van der Waals surface area contributed by atoms with Gasteiger partial charge in [-0.15, -0.1) is 0 Å². The first kappa shape index (κ1) is 28.1. The molecule has 192 valence electrons. The lowest BCUT2D eigenvalue weighted by Crippen LogP contribution is -2.31. The molecule has 0 radical (unpaired) electrons. The first-order valence-electron chi connectivity index (χ1n) is 12.3. The molecule has 0 amide bonds. The van der Waals surface area contributed by atoms with E-state index in [9.17, 15) is 0 Å². The van der Waals surface area contributed by atoms with E-state index in [1.54, 1.807) is 0 Å². The lowest BCUT2D eigenvalue weighted by Gasteiger charge is -2.29. The molecule has 0 saturated carbocycles. The Morgan fingerprint density at radius 3 is 2.19 bits per heavy atom. The molecule has 5 N–H and O–H groups in total. The molecule has 3 aromatic rings. The molecule has 1 aliphatic heterocycles. The third kappa shape index (κ3) is 8.60. The van der Waals surface area contributed by atoms with Crippen LogP contribution in [-0.4, -0.2) is 35.9 Å². The molecule has 2 aromatic carbocycles. The van der Waals surface area contributed by atoms with Crippen LogP contribution >= 0.6 is 0 Å². The summed E-state index contributed by atoms with van der Waals surface area (Å²) in [7, 11) is 0. The number of carbonyl (C=O) groups excluding carboxylic acids is 2. The van der Waals surface area contributed by atoms with E-state index in [2.05, 4.69) is 63.9 Å². The Labute approximate surface area is 213 Å². The minimum absolute atomic E-state index is 0.250. The molecule has 0 atom stereocenters. The third-order valence-corrected chi connectivity index (χ3v) is 5.46. The van der Waals surface area contributed by atoms with Crippen LogP contribution in [0.15, 0.2) is 48.5 Å². The zero-order valence-electron chi connectivity index (χ0n) is 21.6. The molecule has 36 heavy (non-hydrogen) atoms. The highest BCUT2D eigenvalue weighted by Gasteiger charge is 2.19. The highest BCUT2D eigenvalue weighted by Crippen LogP contribution is 2.31. The normalized spacial score (nSPS) is 12.2. The molecule has 1 aliphatic rings. The lowest BCUT2D eigenvalue weighted by molar-refractivity contribution is -0.191. The molecule has 1 fully saturated rings. The minimum Gasteiger partial charge on any atom is -0.393 e. The van der Waals surface area contributed by atoms with Crippen LogP contribution in [-0.2, 0) is 9.59 Å². The summed E-state index contributed by atoms with van der Waals surface area (Å²) in [6.45, 7) is 10.6. The molecule has 1 saturated heterocycles. The fourth-order valence-electron chi connectivity index (χ4n) is 3.75. The van der Waals surface area contributed by atoms with Crippen LogP contribution < -0.4 is 26.6 Å². The van der Waals surface area contributed by atoms with Gasteiger partial charge in [0, 0.05) is 24.5 Å². The number of nitrogens with one attached hydrogen (secondary N) is 3. The van der Waals surface area contributed by atoms with Gasteiger partial charge in [-0.2, -0.15) is 19.6 Å². The topological polar surface area (TPSA) is 125 Å². The van der Waals surface area contributed by atoms with Crippen LogP contribution in [0.25, 0.3) is 0 Å². The average Bonchev–Trinajstić information content (AvgIpc) is 2.89. The quantitative estimate of drug-likeness (QED) is 0.324. The summed E-state index contributed by atoms with van der Waals surface area (Å²) in [5.74, 6) is 1.96. The zero-order chi connectivity index (χ0) is 26.3. The van der Waals surface area contributed by atoms with Crippen molar-refractivity contribution in [1.82, 2.24) is 9.97 Å². The lowest BCUT2D eigenvalue weighted by atomic mass is 10.1. The van der Waals surface area contributed by atoms with Crippen molar-refractivity contribution in [2.45, 2.75) is 47.0 Å². The number of aryl methyl sites for hydroxylation is 2. The molecule has 9 nitrogen and oxygen atoms in total. The van der Waals surface area contributed by atoms with Crippen LogP contribution in [0, 0.1) is 13.8 Å². The molecular weight excluding hydrogens is 454 g/mol. The Morgan fingerprint density at radius 2 is 1.56 bits per heavy atom. The number of anilines is 6. The Balaban J connectivity index is 0.000000850. The van der Waals surface area contributed by atoms with E-state index in [4.69, 9.17) is 20.3 Å². The Bertz CT molecular complexity index is 1110. The number of piperidine rings is 1.